The number of hydrogen-bond donors (Lipinski definition) is 2. The van der Waals surface area contributed by atoms with Gasteiger partial charge in [0.15, 0.2) is 5.82 Å². The average Bonchev–Trinajstić information content (AvgIpc) is 3.31. The average molecular weight is 618 g/mol. The van der Waals surface area contributed by atoms with Crippen LogP contribution in [0.5, 0.6) is 5.75 Å². The summed E-state index contributed by atoms with van der Waals surface area (Å²) in [7, 11) is -4.14. The predicted molar refractivity (Wildman–Crippen MR) is 164 cm³/mol. The lowest BCUT2D eigenvalue weighted by Gasteiger charge is -2.27. The molecule has 11 nitrogen and oxygen atoms in total. The first-order chi connectivity index (χ1) is 19.8. The molecule has 0 amide bonds. The van der Waals surface area contributed by atoms with Gasteiger partial charge in [-0.15, -0.1) is 0 Å². The van der Waals surface area contributed by atoms with E-state index in [0.717, 1.165) is 10.9 Å². The van der Waals surface area contributed by atoms with E-state index < -0.39 is 31.4 Å². The third-order valence-electron chi connectivity index (χ3n) is 6.14. The van der Waals surface area contributed by atoms with Gasteiger partial charge in [-0.25, -0.2) is 14.5 Å². The number of anilines is 1. The lowest BCUT2D eigenvalue weighted by atomic mass is 10.1. The minimum absolute atomic E-state index is 0.0833. The number of hydrogen-bond acceptors (Lipinski definition) is 9. The van der Waals surface area contributed by atoms with E-state index in [-0.39, 0.29) is 24.8 Å². The van der Waals surface area contributed by atoms with Crippen LogP contribution in [0.2, 0.25) is 5.02 Å². The molecular weight excluding hydrogens is 581 g/mol. The van der Waals surface area contributed by atoms with Gasteiger partial charge < -0.3 is 24.3 Å². The molecule has 13 heteroatoms. The number of ether oxygens (including phenoxy) is 2. The first-order valence-corrected chi connectivity index (χ1v) is 15.6. The monoisotopic (exact) mass is 617 g/mol. The topological polar surface area (TPSA) is 140 Å². The van der Waals surface area contributed by atoms with E-state index in [2.05, 4.69) is 10.1 Å². The number of nitrogens with zero attached hydrogens (tertiary/aromatic N) is 3. The summed E-state index contributed by atoms with van der Waals surface area (Å²) in [6.45, 7) is 11.2. The maximum absolute atomic E-state index is 14.1. The number of benzene rings is 2. The first kappa shape index (κ1) is 31.7. The molecule has 0 bridgehead atoms. The van der Waals surface area contributed by atoms with E-state index in [0.29, 0.717) is 28.5 Å². The van der Waals surface area contributed by atoms with Gasteiger partial charge in [0.1, 0.15) is 35.3 Å². The number of halogens is 1. The number of rotatable bonds is 12. The van der Waals surface area contributed by atoms with Crippen LogP contribution >= 0.6 is 19.3 Å². The van der Waals surface area contributed by atoms with Gasteiger partial charge in [0.05, 0.1) is 23.7 Å². The quantitative estimate of drug-likeness (QED) is 0.135. The lowest BCUT2D eigenvalue weighted by molar-refractivity contribution is -0.156. The minimum Gasteiger partial charge on any atom is -0.459 e. The van der Waals surface area contributed by atoms with E-state index in [4.69, 9.17) is 40.8 Å². The Hall–Kier alpha value is -3.21. The third kappa shape index (κ3) is 7.59. The fraction of sp³-hybridized carbons (Fsp3) is 0.414. The molecule has 0 aliphatic carbocycles. The lowest BCUT2D eigenvalue weighted by Crippen LogP contribution is -2.39. The van der Waals surface area contributed by atoms with Crippen molar-refractivity contribution in [3.05, 3.63) is 59.4 Å². The third-order valence-corrected chi connectivity index (χ3v) is 8.04. The number of imidazole rings is 1. The highest BCUT2D eigenvalue weighted by atomic mass is 35.5. The van der Waals surface area contributed by atoms with Gasteiger partial charge in [0.25, 0.3) is 0 Å². The minimum atomic E-state index is -4.14. The molecule has 0 saturated heterocycles. The summed E-state index contributed by atoms with van der Waals surface area (Å²) < 4.78 is 39.1. The van der Waals surface area contributed by atoms with Crippen LogP contribution in [0.4, 0.5) is 5.82 Å². The Balaban J connectivity index is 1.68. The highest BCUT2D eigenvalue weighted by Gasteiger charge is 2.34. The van der Waals surface area contributed by atoms with Crippen molar-refractivity contribution in [1.29, 1.82) is 0 Å². The maximum Gasteiger partial charge on any atom is 0.459 e. The number of carbonyl (C=O) groups is 1. The summed E-state index contributed by atoms with van der Waals surface area (Å²) in [4.78, 5) is 22.0. The molecule has 2 heterocycles. The summed E-state index contributed by atoms with van der Waals surface area (Å²) in [5.74, 6) is 0.539. The van der Waals surface area contributed by atoms with Crippen LogP contribution in [0.15, 0.2) is 48.5 Å². The molecule has 0 radical (unpaired) electrons. The van der Waals surface area contributed by atoms with Crippen LogP contribution < -0.4 is 15.3 Å². The molecule has 4 rings (SSSR count). The molecule has 226 valence electrons. The highest BCUT2D eigenvalue weighted by molar-refractivity contribution is 7.52. The van der Waals surface area contributed by atoms with Gasteiger partial charge in [0, 0.05) is 17.0 Å². The van der Waals surface area contributed by atoms with Crippen molar-refractivity contribution in [2.24, 2.45) is 0 Å². The van der Waals surface area contributed by atoms with Gasteiger partial charge in [-0.2, -0.15) is 5.09 Å². The Morgan fingerprint density at radius 2 is 1.81 bits per heavy atom. The SMILES string of the molecule is CCOCc1nc2c(N)nc3ccccc3c2n1[C@H](C)CO[P@@](=O)(N[C@@H](C)C(=O)OC(C)(C)C)Oc1ccc(Cl)cc1. The molecule has 0 fully saturated rings. The van der Waals surface area contributed by atoms with Crippen molar-refractivity contribution in [3.63, 3.8) is 0 Å². The van der Waals surface area contributed by atoms with Crippen molar-refractivity contribution in [2.45, 2.75) is 65.8 Å². The van der Waals surface area contributed by atoms with Crippen molar-refractivity contribution < 1.29 is 27.9 Å². The summed E-state index contributed by atoms with van der Waals surface area (Å²) in [5, 5.41) is 4.06. The molecule has 0 aliphatic heterocycles. The molecule has 42 heavy (non-hydrogen) atoms. The standard InChI is InChI=1S/C29H37ClN5O6P/c1-7-38-17-24-33-25-26(22-10-8-9-11-23(22)32-27(25)31)35(24)18(2)16-39-42(37,41-21-14-12-20(30)13-15-21)34-19(3)28(36)40-29(4,5)6/h8-15,18-19H,7,16-17H2,1-6H3,(H2,31,32)(H,34,37)/t18-,19+,42+/m1/s1. The zero-order valence-corrected chi connectivity index (χ0v) is 26.2. The number of nitrogens with two attached hydrogens (primary N) is 1. The molecular formula is C29H37ClN5O6P. The Bertz CT molecular complexity index is 1600. The van der Waals surface area contributed by atoms with Crippen LogP contribution in [0, 0.1) is 0 Å². The number of para-hydroxylation sites is 1. The van der Waals surface area contributed by atoms with Gasteiger partial charge in [-0.05, 0) is 71.9 Å². The first-order valence-electron chi connectivity index (χ1n) is 13.6. The normalized spacial score (nSPS) is 14.9. The summed E-state index contributed by atoms with van der Waals surface area (Å²) in [5.41, 5.74) is 7.58. The smallest absolute Gasteiger partial charge is 0.459 e. The Morgan fingerprint density at radius 1 is 1.12 bits per heavy atom. The zero-order valence-electron chi connectivity index (χ0n) is 24.6. The van der Waals surface area contributed by atoms with E-state index in [1.165, 1.54) is 6.92 Å². The molecule has 0 unspecified atom stereocenters. The summed E-state index contributed by atoms with van der Waals surface area (Å²) in [6.07, 6.45) is 0. The summed E-state index contributed by atoms with van der Waals surface area (Å²) >= 11 is 6.02. The highest BCUT2D eigenvalue weighted by Crippen LogP contribution is 2.46. The fourth-order valence-corrected chi connectivity index (χ4v) is 6.02. The van der Waals surface area contributed by atoms with E-state index in [9.17, 15) is 9.36 Å². The number of nitrogens with one attached hydrogen (secondary N) is 1. The van der Waals surface area contributed by atoms with E-state index >= 15 is 0 Å². The number of nitrogen functional groups attached to an aromatic ring is 1. The Morgan fingerprint density at radius 3 is 2.48 bits per heavy atom. The van der Waals surface area contributed by atoms with E-state index in [1.807, 2.05) is 42.7 Å². The van der Waals surface area contributed by atoms with Crippen LogP contribution in [-0.2, 0) is 30.0 Å². The van der Waals surface area contributed by atoms with Crippen molar-refractivity contribution in [2.75, 3.05) is 18.9 Å². The molecule has 0 aliphatic rings. The van der Waals surface area contributed by atoms with Crippen molar-refractivity contribution in [3.8, 4) is 5.75 Å². The molecule has 2 aromatic heterocycles. The molecule has 0 spiro atoms. The number of fused-ring (bicyclic) bond motifs is 3. The van der Waals surface area contributed by atoms with Crippen LogP contribution in [0.25, 0.3) is 21.9 Å². The van der Waals surface area contributed by atoms with Gasteiger partial charge in [0.2, 0.25) is 0 Å². The predicted octanol–water partition coefficient (Wildman–Crippen LogP) is 6.44. The molecule has 4 aromatic rings. The van der Waals surface area contributed by atoms with Crippen LogP contribution in [-0.4, -0.2) is 45.4 Å². The molecule has 3 N–H and O–H groups in total. The number of aromatic nitrogens is 3. The largest absolute Gasteiger partial charge is 0.459 e. The molecule has 2 aromatic carbocycles. The van der Waals surface area contributed by atoms with Crippen molar-refractivity contribution >= 4 is 53.1 Å². The number of esters is 1. The van der Waals surface area contributed by atoms with Crippen LogP contribution in [0.1, 0.15) is 53.4 Å². The molecule has 3 atom stereocenters. The van der Waals surface area contributed by atoms with Gasteiger partial charge >= 0.3 is 13.7 Å². The fourth-order valence-electron chi connectivity index (χ4n) is 4.32. The van der Waals surface area contributed by atoms with Crippen molar-refractivity contribution in [1.82, 2.24) is 19.6 Å². The number of pyridine rings is 1. The second-order valence-corrected chi connectivity index (χ2v) is 12.9. The maximum atomic E-state index is 14.1. The second-order valence-electron chi connectivity index (χ2n) is 10.8. The van der Waals surface area contributed by atoms with E-state index in [1.54, 1.807) is 45.0 Å². The number of carbonyl (C=O) groups excluding carboxylic acids is 1. The Labute approximate surface area is 250 Å². The zero-order chi connectivity index (χ0) is 30.7. The molecule has 0 saturated carbocycles. The second kappa shape index (κ2) is 13.0. The Kier molecular flexibility index (Phi) is 9.80. The summed E-state index contributed by atoms with van der Waals surface area (Å²) in [6, 6.07) is 12.5. The van der Waals surface area contributed by atoms with Gasteiger partial charge in [-0.1, -0.05) is 29.8 Å². The van der Waals surface area contributed by atoms with Gasteiger partial charge in [-0.3, -0.25) is 9.32 Å². The van der Waals surface area contributed by atoms with Crippen LogP contribution in [0.3, 0.4) is 0 Å².